The molecular weight excluding hydrogens is 259 g/mol. The fourth-order valence-electron chi connectivity index (χ4n) is 1.19. The van der Waals surface area contributed by atoms with Crippen molar-refractivity contribution in [2.24, 2.45) is 5.92 Å². The van der Waals surface area contributed by atoms with Crippen LogP contribution in [-0.4, -0.2) is 22.6 Å². The predicted octanol–water partition coefficient (Wildman–Crippen LogP) is 3.35. The molecule has 1 heterocycles. The highest BCUT2D eigenvalue weighted by atomic mass is 19.4. The molecule has 19 heavy (non-hydrogen) atoms. The fraction of sp³-hybridized carbons (Fsp3) is 0.667. The Labute approximate surface area is 110 Å². The molecule has 4 nitrogen and oxygen atoms in total. The zero-order chi connectivity index (χ0) is 14.6. The van der Waals surface area contributed by atoms with Crippen LogP contribution in [0.15, 0.2) is 6.07 Å². The molecule has 1 rings (SSSR count). The third-order valence-corrected chi connectivity index (χ3v) is 2.57. The van der Waals surface area contributed by atoms with Crippen LogP contribution in [-0.2, 0) is 6.18 Å². The summed E-state index contributed by atoms with van der Waals surface area (Å²) in [7, 11) is 0. The van der Waals surface area contributed by atoms with E-state index < -0.39 is 11.9 Å². The van der Waals surface area contributed by atoms with Gasteiger partial charge in [0.25, 0.3) is 0 Å². The van der Waals surface area contributed by atoms with Crippen molar-refractivity contribution in [3.8, 4) is 5.88 Å². The summed E-state index contributed by atoms with van der Waals surface area (Å²) in [4.78, 5) is 7.33. The Morgan fingerprint density at radius 1 is 1.26 bits per heavy atom. The lowest BCUT2D eigenvalue weighted by Gasteiger charge is -2.18. The molecule has 1 atom stereocenters. The summed E-state index contributed by atoms with van der Waals surface area (Å²) in [6.07, 6.45) is -4.75. The van der Waals surface area contributed by atoms with Crippen molar-refractivity contribution in [2.45, 2.75) is 40.0 Å². The molecule has 7 heteroatoms. The van der Waals surface area contributed by atoms with Gasteiger partial charge >= 0.3 is 6.18 Å². The van der Waals surface area contributed by atoms with Crippen LogP contribution in [0.2, 0.25) is 0 Å². The molecular formula is C12H18F3N3O. The second-order valence-electron chi connectivity index (χ2n) is 4.51. The lowest BCUT2D eigenvalue weighted by atomic mass is 10.1. The second-order valence-corrected chi connectivity index (χ2v) is 4.51. The first kappa shape index (κ1) is 15.5. The predicted molar refractivity (Wildman–Crippen MR) is 66.1 cm³/mol. The maximum absolute atomic E-state index is 12.7. The minimum atomic E-state index is -4.52. The highest BCUT2D eigenvalue weighted by molar-refractivity contribution is 5.31. The Morgan fingerprint density at radius 3 is 2.37 bits per heavy atom. The summed E-state index contributed by atoms with van der Waals surface area (Å²) in [6, 6.07) is 0.819. The van der Waals surface area contributed by atoms with Crippen LogP contribution in [0.1, 0.15) is 33.4 Å². The zero-order valence-corrected chi connectivity index (χ0v) is 11.4. The average molecular weight is 277 g/mol. The van der Waals surface area contributed by atoms with Gasteiger partial charge in [0, 0.05) is 12.6 Å². The highest BCUT2D eigenvalue weighted by Crippen LogP contribution is 2.30. The molecule has 108 valence electrons. The minimum absolute atomic E-state index is 0.0699. The van der Waals surface area contributed by atoms with Crippen molar-refractivity contribution in [1.29, 1.82) is 0 Å². The molecule has 0 aliphatic heterocycles. The normalized spacial score (nSPS) is 13.5. The highest BCUT2D eigenvalue weighted by Gasteiger charge is 2.34. The minimum Gasteiger partial charge on any atom is -0.474 e. The van der Waals surface area contributed by atoms with Gasteiger partial charge in [0.05, 0.1) is 6.10 Å². The second kappa shape index (κ2) is 6.08. The molecule has 0 spiro atoms. The molecule has 1 N–H and O–H groups in total. The Morgan fingerprint density at radius 2 is 1.89 bits per heavy atom. The molecule has 0 radical (unpaired) electrons. The number of halogens is 3. The monoisotopic (exact) mass is 277 g/mol. The summed E-state index contributed by atoms with van der Waals surface area (Å²) < 4.78 is 43.5. The molecule has 0 bridgehead atoms. The molecule has 1 aromatic heterocycles. The maximum atomic E-state index is 12.7. The van der Waals surface area contributed by atoms with Crippen LogP contribution in [0.3, 0.4) is 0 Å². The molecule has 0 aromatic carbocycles. The van der Waals surface area contributed by atoms with Gasteiger partial charge in [-0.3, -0.25) is 0 Å². The third-order valence-electron chi connectivity index (χ3n) is 2.57. The SMILES string of the molecule is CCNc1nc(OC(C)C(C)C)cc(C(F)(F)F)n1. The first-order valence-electron chi connectivity index (χ1n) is 6.10. The summed E-state index contributed by atoms with van der Waals surface area (Å²) in [6.45, 7) is 7.80. The Hall–Kier alpha value is -1.53. The van der Waals surface area contributed by atoms with Gasteiger partial charge in [-0.1, -0.05) is 13.8 Å². The molecule has 0 aliphatic rings. The lowest BCUT2D eigenvalue weighted by Crippen LogP contribution is -2.20. The van der Waals surface area contributed by atoms with Gasteiger partial charge in [0.1, 0.15) is 0 Å². The molecule has 0 amide bonds. The Balaban J connectivity index is 3.06. The average Bonchev–Trinajstić information content (AvgIpc) is 2.27. The number of hydrogen-bond donors (Lipinski definition) is 1. The number of aromatic nitrogens is 2. The van der Waals surface area contributed by atoms with Crippen LogP contribution in [0.5, 0.6) is 5.88 Å². The largest absolute Gasteiger partial charge is 0.474 e. The van der Waals surface area contributed by atoms with Crippen LogP contribution in [0, 0.1) is 5.92 Å². The summed E-state index contributed by atoms with van der Waals surface area (Å²) >= 11 is 0. The Bertz CT molecular complexity index is 421. The van der Waals surface area contributed by atoms with Gasteiger partial charge in [-0.15, -0.1) is 0 Å². The van der Waals surface area contributed by atoms with Gasteiger partial charge in [-0.2, -0.15) is 18.2 Å². The van der Waals surface area contributed by atoms with E-state index in [1.165, 1.54) is 0 Å². The number of hydrogen-bond acceptors (Lipinski definition) is 4. The van der Waals surface area contributed by atoms with Crippen molar-refractivity contribution in [3.63, 3.8) is 0 Å². The van der Waals surface area contributed by atoms with E-state index in [-0.39, 0.29) is 23.9 Å². The van der Waals surface area contributed by atoms with E-state index in [4.69, 9.17) is 4.74 Å². The first-order chi connectivity index (χ1) is 8.74. The van der Waals surface area contributed by atoms with Gasteiger partial charge in [-0.25, -0.2) is 4.98 Å². The van der Waals surface area contributed by atoms with Crippen molar-refractivity contribution >= 4 is 5.95 Å². The molecule has 0 saturated heterocycles. The topological polar surface area (TPSA) is 47.0 Å². The fourth-order valence-corrected chi connectivity index (χ4v) is 1.19. The lowest BCUT2D eigenvalue weighted by molar-refractivity contribution is -0.141. The number of nitrogens with one attached hydrogen (secondary N) is 1. The number of anilines is 1. The van der Waals surface area contributed by atoms with Gasteiger partial charge in [0.2, 0.25) is 11.8 Å². The quantitative estimate of drug-likeness (QED) is 0.896. The molecule has 1 unspecified atom stereocenters. The van der Waals surface area contributed by atoms with Gasteiger partial charge < -0.3 is 10.1 Å². The molecule has 0 aliphatic carbocycles. The van der Waals surface area contributed by atoms with Crippen molar-refractivity contribution in [1.82, 2.24) is 9.97 Å². The summed E-state index contributed by atoms with van der Waals surface area (Å²) in [5.74, 6) is 0.0228. The molecule has 0 fully saturated rings. The van der Waals surface area contributed by atoms with Crippen LogP contribution < -0.4 is 10.1 Å². The molecule has 1 aromatic rings. The number of rotatable bonds is 5. The van der Waals surface area contributed by atoms with E-state index in [1.54, 1.807) is 13.8 Å². The zero-order valence-electron chi connectivity index (χ0n) is 11.4. The standard InChI is InChI=1S/C12H18F3N3O/c1-5-16-11-17-9(12(13,14)15)6-10(18-11)19-8(4)7(2)3/h6-8H,5H2,1-4H3,(H,16,17,18). The van der Waals surface area contributed by atoms with Crippen molar-refractivity contribution < 1.29 is 17.9 Å². The van der Waals surface area contributed by atoms with Gasteiger partial charge in [-0.05, 0) is 19.8 Å². The smallest absolute Gasteiger partial charge is 0.433 e. The van der Waals surface area contributed by atoms with Crippen LogP contribution in [0.4, 0.5) is 19.1 Å². The van der Waals surface area contributed by atoms with Gasteiger partial charge in [0.15, 0.2) is 5.69 Å². The number of ether oxygens (including phenoxy) is 1. The van der Waals surface area contributed by atoms with E-state index in [1.807, 2.05) is 13.8 Å². The molecule has 0 saturated carbocycles. The van der Waals surface area contributed by atoms with Crippen LogP contribution >= 0.6 is 0 Å². The van der Waals surface area contributed by atoms with E-state index in [0.717, 1.165) is 6.07 Å². The van der Waals surface area contributed by atoms with E-state index in [2.05, 4.69) is 15.3 Å². The first-order valence-corrected chi connectivity index (χ1v) is 6.10. The summed E-state index contributed by atoms with van der Waals surface area (Å²) in [5, 5.41) is 2.66. The van der Waals surface area contributed by atoms with E-state index in [9.17, 15) is 13.2 Å². The maximum Gasteiger partial charge on any atom is 0.433 e. The summed E-state index contributed by atoms with van der Waals surface area (Å²) in [5.41, 5.74) is -1.01. The van der Waals surface area contributed by atoms with Crippen molar-refractivity contribution in [2.75, 3.05) is 11.9 Å². The van der Waals surface area contributed by atoms with E-state index >= 15 is 0 Å². The van der Waals surface area contributed by atoms with Crippen molar-refractivity contribution in [3.05, 3.63) is 11.8 Å². The number of nitrogens with zero attached hydrogens (tertiary/aromatic N) is 2. The van der Waals surface area contributed by atoms with E-state index in [0.29, 0.717) is 6.54 Å². The van der Waals surface area contributed by atoms with Crippen LogP contribution in [0.25, 0.3) is 0 Å². The Kier molecular flexibility index (Phi) is 4.97. The number of alkyl halides is 3. The third kappa shape index (κ3) is 4.57.